The summed E-state index contributed by atoms with van der Waals surface area (Å²) in [6.07, 6.45) is 0. The number of nitrogens with zero attached hydrogens (tertiary/aromatic N) is 1. The highest BCUT2D eigenvalue weighted by Gasteiger charge is 2.22. The minimum Gasteiger partial charge on any atom is -0.493 e. The molecular formula is C20H29N3O2S. The van der Waals surface area contributed by atoms with Crippen LogP contribution >= 0.6 is 11.3 Å². The Labute approximate surface area is 160 Å². The minimum absolute atomic E-state index is 0.101. The van der Waals surface area contributed by atoms with E-state index in [1.807, 2.05) is 12.1 Å². The van der Waals surface area contributed by atoms with Gasteiger partial charge in [-0.05, 0) is 36.8 Å². The fraction of sp³-hybridized carbons (Fsp3) is 0.450. The second kappa shape index (κ2) is 8.94. The van der Waals surface area contributed by atoms with Crippen molar-refractivity contribution in [1.29, 1.82) is 0 Å². The number of benzene rings is 1. The standard InChI is InChI=1S/C20H29N3O2S/c1-14-7-9-16(26-14)12-22-19(21-4)23-13-20(2,3)15-8-10-17(24-5)18(11-15)25-6/h7-11H,12-13H2,1-6H3,(H2,21,22,23). The van der Waals surface area contributed by atoms with E-state index < -0.39 is 0 Å². The quantitative estimate of drug-likeness (QED) is 0.572. The molecule has 0 radical (unpaired) electrons. The van der Waals surface area contributed by atoms with Crippen LogP contribution in [0, 0.1) is 6.92 Å². The van der Waals surface area contributed by atoms with Crippen LogP contribution in [0.4, 0.5) is 0 Å². The fourth-order valence-corrected chi connectivity index (χ4v) is 3.47. The van der Waals surface area contributed by atoms with Gasteiger partial charge in [-0.25, -0.2) is 0 Å². The maximum Gasteiger partial charge on any atom is 0.191 e. The zero-order valence-electron chi connectivity index (χ0n) is 16.5. The summed E-state index contributed by atoms with van der Waals surface area (Å²) in [4.78, 5) is 6.94. The second-order valence-corrected chi connectivity index (χ2v) is 8.12. The van der Waals surface area contributed by atoms with Gasteiger partial charge >= 0.3 is 0 Å². The van der Waals surface area contributed by atoms with Crippen LogP contribution in [0.3, 0.4) is 0 Å². The molecular weight excluding hydrogens is 346 g/mol. The van der Waals surface area contributed by atoms with Crippen LogP contribution in [0.2, 0.25) is 0 Å². The summed E-state index contributed by atoms with van der Waals surface area (Å²) < 4.78 is 10.8. The zero-order chi connectivity index (χ0) is 19.2. The van der Waals surface area contributed by atoms with E-state index in [4.69, 9.17) is 9.47 Å². The van der Waals surface area contributed by atoms with Gasteiger partial charge in [0.1, 0.15) is 0 Å². The lowest BCUT2D eigenvalue weighted by molar-refractivity contribution is 0.353. The molecule has 0 bridgehead atoms. The van der Waals surface area contributed by atoms with Crippen molar-refractivity contribution in [2.75, 3.05) is 27.8 Å². The maximum absolute atomic E-state index is 5.43. The number of hydrogen-bond donors (Lipinski definition) is 2. The van der Waals surface area contributed by atoms with Gasteiger partial charge in [-0.1, -0.05) is 19.9 Å². The maximum atomic E-state index is 5.43. The van der Waals surface area contributed by atoms with Crippen LogP contribution in [-0.4, -0.2) is 33.8 Å². The molecule has 0 aliphatic heterocycles. The SMILES string of the molecule is CN=C(NCc1ccc(C)s1)NCC(C)(C)c1ccc(OC)c(OC)c1. The number of thiophene rings is 1. The van der Waals surface area contributed by atoms with Gasteiger partial charge in [0, 0.05) is 28.8 Å². The van der Waals surface area contributed by atoms with E-state index in [1.54, 1.807) is 32.6 Å². The van der Waals surface area contributed by atoms with Gasteiger partial charge in [-0.3, -0.25) is 4.99 Å². The first kappa shape index (κ1) is 20.1. The third kappa shape index (κ3) is 5.14. The van der Waals surface area contributed by atoms with Crippen molar-refractivity contribution in [1.82, 2.24) is 10.6 Å². The monoisotopic (exact) mass is 375 g/mol. The molecule has 2 N–H and O–H groups in total. The Morgan fingerprint density at radius 2 is 1.81 bits per heavy atom. The Morgan fingerprint density at radius 3 is 2.38 bits per heavy atom. The van der Waals surface area contributed by atoms with E-state index in [0.717, 1.165) is 30.5 Å². The number of nitrogens with one attached hydrogen (secondary N) is 2. The predicted molar refractivity (Wildman–Crippen MR) is 110 cm³/mol. The highest BCUT2D eigenvalue weighted by atomic mass is 32.1. The van der Waals surface area contributed by atoms with Crippen molar-refractivity contribution in [2.24, 2.45) is 4.99 Å². The topological polar surface area (TPSA) is 54.9 Å². The molecule has 1 aromatic carbocycles. The van der Waals surface area contributed by atoms with Crippen LogP contribution in [0.25, 0.3) is 0 Å². The first-order valence-electron chi connectivity index (χ1n) is 8.62. The highest BCUT2D eigenvalue weighted by Crippen LogP contribution is 2.32. The average Bonchev–Trinajstić information content (AvgIpc) is 3.06. The number of rotatable bonds is 7. The average molecular weight is 376 g/mol. The minimum atomic E-state index is -0.101. The molecule has 0 saturated carbocycles. The van der Waals surface area contributed by atoms with Gasteiger partial charge in [0.2, 0.25) is 0 Å². The lowest BCUT2D eigenvalue weighted by atomic mass is 9.84. The Morgan fingerprint density at radius 1 is 1.08 bits per heavy atom. The van der Waals surface area contributed by atoms with Gasteiger partial charge < -0.3 is 20.1 Å². The number of aryl methyl sites for hydroxylation is 1. The van der Waals surface area contributed by atoms with Crippen LogP contribution in [-0.2, 0) is 12.0 Å². The predicted octanol–water partition coefficient (Wildman–Crippen LogP) is 3.72. The summed E-state index contributed by atoms with van der Waals surface area (Å²) in [5.74, 6) is 2.28. The van der Waals surface area contributed by atoms with E-state index in [1.165, 1.54) is 15.3 Å². The molecule has 0 saturated heterocycles. The van der Waals surface area contributed by atoms with E-state index in [9.17, 15) is 0 Å². The lowest BCUT2D eigenvalue weighted by Gasteiger charge is -2.27. The van der Waals surface area contributed by atoms with Gasteiger partial charge in [0.15, 0.2) is 17.5 Å². The van der Waals surface area contributed by atoms with E-state index in [0.29, 0.717) is 0 Å². The number of aliphatic imine (C=N–C) groups is 1. The Hall–Kier alpha value is -2.21. The van der Waals surface area contributed by atoms with Gasteiger partial charge in [-0.2, -0.15) is 0 Å². The molecule has 1 aromatic heterocycles. The Bertz CT molecular complexity index is 753. The molecule has 2 rings (SSSR count). The zero-order valence-corrected chi connectivity index (χ0v) is 17.3. The largest absolute Gasteiger partial charge is 0.493 e. The summed E-state index contributed by atoms with van der Waals surface area (Å²) in [7, 11) is 5.10. The molecule has 0 aliphatic carbocycles. The smallest absolute Gasteiger partial charge is 0.191 e. The third-order valence-electron chi connectivity index (χ3n) is 4.31. The molecule has 1 heterocycles. The molecule has 0 amide bonds. The summed E-state index contributed by atoms with van der Waals surface area (Å²) >= 11 is 1.80. The normalized spacial score (nSPS) is 12.0. The van der Waals surface area contributed by atoms with E-state index in [2.05, 4.69) is 54.6 Å². The van der Waals surface area contributed by atoms with Crippen molar-refractivity contribution in [3.05, 3.63) is 45.6 Å². The number of methoxy groups -OCH3 is 2. The molecule has 2 aromatic rings. The van der Waals surface area contributed by atoms with Crippen molar-refractivity contribution < 1.29 is 9.47 Å². The summed E-state index contributed by atoms with van der Waals surface area (Å²) in [6.45, 7) is 8.02. The molecule has 6 heteroatoms. The summed E-state index contributed by atoms with van der Waals surface area (Å²) in [6, 6.07) is 10.3. The van der Waals surface area contributed by atoms with Crippen molar-refractivity contribution >= 4 is 17.3 Å². The molecule has 0 fully saturated rings. The van der Waals surface area contributed by atoms with Crippen LogP contribution < -0.4 is 20.1 Å². The Kier molecular flexibility index (Phi) is 6.91. The molecule has 26 heavy (non-hydrogen) atoms. The van der Waals surface area contributed by atoms with Gasteiger partial charge in [0.05, 0.1) is 20.8 Å². The van der Waals surface area contributed by atoms with Crippen LogP contribution in [0.5, 0.6) is 11.5 Å². The third-order valence-corrected chi connectivity index (χ3v) is 5.31. The van der Waals surface area contributed by atoms with Crippen LogP contribution in [0.1, 0.15) is 29.2 Å². The van der Waals surface area contributed by atoms with Gasteiger partial charge in [-0.15, -0.1) is 11.3 Å². The van der Waals surface area contributed by atoms with Gasteiger partial charge in [0.25, 0.3) is 0 Å². The number of hydrogen-bond acceptors (Lipinski definition) is 4. The van der Waals surface area contributed by atoms with E-state index >= 15 is 0 Å². The summed E-state index contributed by atoms with van der Waals surface area (Å²) in [5, 5.41) is 6.79. The molecule has 0 spiro atoms. The fourth-order valence-electron chi connectivity index (χ4n) is 2.64. The molecule has 142 valence electrons. The first-order chi connectivity index (χ1) is 12.4. The molecule has 0 atom stereocenters. The van der Waals surface area contributed by atoms with Crippen LogP contribution in [0.15, 0.2) is 35.3 Å². The van der Waals surface area contributed by atoms with Crippen molar-refractivity contribution in [2.45, 2.75) is 32.7 Å². The molecule has 5 nitrogen and oxygen atoms in total. The van der Waals surface area contributed by atoms with E-state index in [-0.39, 0.29) is 5.41 Å². The number of guanidine groups is 1. The number of ether oxygens (including phenoxy) is 2. The lowest BCUT2D eigenvalue weighted by Crippen LogP contribution is -2.43. The molecule has 0 aliphatic rings. The van der Waals surface area contributed by atoms with Crippen molar-refractivity contribution in [3.8, 4) is 11.5 Å². The molecule has 0 unspecified atom stereocenters. The Balaban J connectivity index is 1.99. The highest BCUT2D eigenvalue weighted by molar-refractivity contribution is 7.11. The summed E-state index contributed by atoms with van der Waals surface area (Å²) in [5.41, 5.74) is 1.07. The van der Waals surface area contributed by atoms with Crippen molar-refractivity contribution in [3.63, 3.8) is 0 Å². The first-order valence-corrected chi connectivity index (χ1v) is 9.43. The second-order valence-electron chi connectivity index (χ2n) is 6.75.